The topological polar surface area (TPSA) is 88.0 Å². The molecule has 0 fully saturated rings. The molecule has 2 aromatic rings. The Morgan fingerprint density at radius 2 is 1.91 bits per heavy atom. The molecule has 0 spiro atoms. The molecule has 0 aliphatic heterocycles. The zero-order chi connectivity index (χ0) is 16.7. The van der Waals surface area contributed by atoms with E-state index >= 15 is 0 Å². The maximum Gasteiger partial charge on any atom is 0.420 e. The summed E-state index contributed by atoms with van der Waals surface area (Å²) in [6.45, 7) is 3.14. The fourth-order valence-corrected chi connectivity index (χ4v) is 1.83. The first kappa shape index (κ1) is 15.9. The highest BCUT2D eigenvalue weighted by molar-refractivity contribution is 5.61. The molecule has 0 aliphatic rings. The van der Waals surface area contributed by atoms with Gasteiger partial charge in [0.2, 0.25) is 0 Å². The van der Waals surface area contributed by atoms with Gasteiger partial charge in [0.05, 0.1) is 6.10 Å². The van der Waals surface area contributed by atoms with Crippen LogP contribution in [-0.4, -0.2) is 25.9 Å². The van der Waals surface area contributed by atoms with Gasteiger partial charge in [-0.2, -0.15) is 22.5 Å². The molecule has 1 aromatic carbocycles. The number of halogens is 3. The van der Waals surface area contributed by atoms with E-state index in [1.54, 1.807) is 13.8 Å². The van der Waals surface area contributed by atoms with Crippen molar-refractivity contribution in [2.45, 2.75) is 26.1 Å². The number of nitrogens with zero attached hydrogens (tertiary/aromatic N) is 4. The molecule has 0 radical (unpaired) electrons. The number of aryl methyl sites for hydroxylation is 1. The molecule has 7 nitrogen and oxygen atoms in total. The lowest BCUT2D eigenvalue weighted by Crippen LogP contribution is -2.24. The second-order valence-corrected chi connectivity index (χ2v) is 4.88. The van der Waals surface area contributed by atoms with E-state index in [0.29, 0.717) is 4.68 Å². The summed E-state index contributed by atoms with van der Waals surface area (Å²) in [6, 6.07) is 1.94. The van der Waals surface area contributed by atoms with Gasteiger partial charge < -0.3 is 10.5 Å². The summed E-state index contributed by atoms with van der Waals surface area (Å²) >= 11 is 0. The largest absolute Gasteiger partial charge is 0.488 e. The molecular weight excluding hydrogens is 303 g/mol. The zero-order valence-corrected chi connectivity index (χ0v) is 12.0. The van der Waals surface area contributed by atoms with Gasteiger partial charge in [0.25, 0.3) is 0 Å². The predicted molar refractivity (Wildman–Crippen MR) is 71.8 cm³/mol. The molecule has 1 aromatic heterocycles. The van der Waals surface area contributed by atoms with Crippen molar-refractivity contribution >= 4 is 5.69 Å². The van der Waals surface area contributed by atoms with Crippen LogP contribution in [0.2, 0.25) is 0 Å². The minimum absolute atomic E-state index is 0.170. The summed E-state index contributed by atoms with van der Waals surface area (Å²) in [7, 11) is 1.33. The van der Waals surface area contributed by atoms with Crippen LogP contribution in [0.3, 0.4) is 0 Å². The summed E-state index contributed by atoms with van der Waals surface area (Å²) in [5.74, 6) is -0.515. The number of nitrogen functional groups attached to an aromatic ring is 1. The van der Waals surface area contributed by atoms with E-state index in [2.05, 4.69) is 10.4 Å². The van der Waals surface area contributed by atoms with E-state index in [0.717, 1.165) is 10.7 Å². The number of aromatic nitrogens is 4. The molecule has 0 bridgehead atoms. The average molecular weight is 317 g/mol. The third kappa shape index (κ3) is 2.90. The molecule has 0 amide bonds. The van der Waals surface area contributed by atoms with Crippen LogP contribution >= 0.6 is 0 Å². The lowest BCUT2D eigenvalue weighted by Gasteiger charge is -2.19. The molecule has 2 rings (SSSR count). The van der Waals surface area contributed by atoms with Gasteiger partial charge in [0.15, 0.2) is 5.75 Å². The fourth-order valence-electron chi connectivity index (χ4n) is 1.83. The average Bonchev–Trinajstić information content (AvgIpc) is 2.70. The quantitative estimate of drug-likeness (QED) is 0.864. The monoisotopic (exact) mass is 317 g/mol. The zero-order valence-electron chi connectivity index (χ0n) is 12.0. The van der Waals surface area contributed by atoms with Crippen LogP contribution in [0.15, 0.2) is 16.9 Å². The summed E-state index contributed by atoms with van der Waals surface area (Å²) in [5.41, 5.74) is 3.35. The Hall–Kier alpha value is -2.52. The van der Waals surface area contributed by atoms with E-state index < -0.39 is 29.3 Å². The molecule has 10 heteroatoms. The Morgan fingerprint density at radius 3 is 2.36 bits per heavy atom. The number of rotatable bonds is 3. The van der Waals surface area contributed by atoms with E-state index in [9.17, 15) is 18.0 Å². The number of nitrogens with two attached hydrogens (primary N) is 1. The SMILES string of the molecule is CC(C)Oc1c(-n2nnn(C)c2=O)cc(N)cc1C(F)(F)F. The van der Waals surface area contributed by atoms with Crippen molar-refractivity contribution in [1.82, 2.24) is 19.8 Å². The predicted octanol–water partition coefficient (Wildman–Crippen LogP) is 1.35. The van der Waals surface area contributed by atoms with Crippen molar-refractivity contribution in [3.05, 3.63) is 28.2 Å². The summed E-state index contributed by atoms with van der Waals surface area (Å²) in [6.07, 6.45) is -5.24. The number of alkyl halides is 3. The molecule has 22 heavy (non-hydrogen) atoms. The first-order valence-electron chi connectivity index (χ1n) is 6.28. The third-order valence-electron chi connectivity index (χ3n) is 2.70. The molecule has 0 aliphatic carbocycles. The lowest BCUT2D eigenvalue weighted by atomic mass is 10.1. The lowest BCUT2D eigenvalue weighted by molar-refractivity contribution is -0.139. The molecule has 0 unspecified atom stereocenters. The molecule has 1 heterocycles. The Morgan fingerprint density at radius 1 is 1.27 bits per heavy atom. The standard InChI is InChI=1S/C12H14F3N5O2/c1-6(2)22-10-8(12(13,14)15)4-7(16)5-9(10)20-11(21)19(3)17-18-20/h4-6H,16H2,1-3H3. The number of tetrazole rings is 1. The van der Waals surface area contributed by atoms with Gasteiger partial charge in [-0.1, -0.05) is 0 Å². The van der Waals surface area contributed by atoms with Crippen molar-refractivity contribution in [2.75, 3.05) is 5.73 Å². The number of anilines is 1. The molecule has 0 saturated heterocycles. The third-order valence-corrected chi connectivity index (χ3v) is 2.70. The second-order valence-electron chi connectivity index (χ2n) is 4.88. The second kappa shape index (κ2) is 5.35. The van der Waals surface area contributed by atoms with Crippen LogP contribution < -0.4 is 16.2 Å². The smallest absolute Gasteiger partial charge is 0.420 e. The first-order chi connectivity index (χ1) is 10.1. The van der Waals surface area contributed by atoms with Crippen molar-refractivity contribution in [3.8, 4) is 11.4 Å². The van der Waals surface area contributed by atoms with E-state index in [4.69, 9.17) is 10.5 Å². The van der Waals surface area contributed by atoms with Gasteiger partial charge >= 0.3 is 11.9 Å². The molecule has 0 atom stereocenters. The highest BCUT2D eigenvalue weighted by Gasteiger charge is 2.37. The van der Waals surface area contributed by atoms with Crippen LogP contribution in [0, 0.1) is 0 Å². The Balaban J connectivity index is 2.79. The van der Waals surface area contributed by atoms with Gasteiger partial charge in [0, 0.05) is 12.7 Å². The highest BCUT2D eigenvalue weighted by atomic mass is 19.4. The van der Waals surface area contributed by atoms with Crippen LogP contribution in [0.4, 0.5) is 18.9 Å². The Bertz CT molecular complexity index is 748. The maximum atomic E-state index is 13.2. The molecular formula is C12H14F3N5O2. The van der Waals surface area contributed by atoms with E-state index in [1.165, 1.54) is 13.1 Å². The molecule has 120 valence electrons. The molecule has 2 N–H and O–H groups in total. The summed E-state index contributed by atoms with van der Waals surface area (Å²) in [4.78, 5) is 11.9. The number of benzene rings is 1. The van der Waals surface area contributed by atoms with Crippen molar-refractivity contribution in [2.24, 2.45) is 7.05 Å². The van der Waals surface area contributed by atoms with Gasteiger partial charge in [-0.05, 0) is 36.4 Å². The first-order valence-corrected chi connectivity index (χ1v) is 6.28. The van der Waals surface area contributed by atoms with Crippen molar-refractivity contribution in [1.29, 1.82) is 0 Å². The Labute approximate surface area is 123 Å². The number of ether oxygens (including phenoxy) is 1. The van der Waals surface area contributed by atoms with Gasteiger partial charge in [-0.3, -0.25) is 0 Å². The normalized spacial score (nSPS) is 12.0. The van der Waals surface area contributed by atoms with Gasteiger partial charge in [0.1, 0.15) is 11.3 Å². The maximum absolute atomic E-state index is 13.2. The minimum atomic E-state index is -4.69. The minimum Gasteiger partial charge on any atom is -0.488 e. The van der Waals surface area contributed by atoms with Crippen LogP contribution in [-0.2, 0) is 13.2 Å². The van der Waals surface area contributed by atoms with E-state index in [-0.39, 0.29) is 11.4 Å². The van der Waals surface area contributed by atoms with Gasteiger partial charge in [-0.15, -0.1) is 0 Å². The van der Waals surface area contributed by atoms with Crippen LogP contribution in [0.1, 0.15) is 19.4 Å². The molecule has 0 saturated carbocycles. The van der Waals surface area contributed by atoms with E-state index in [1.807, 2.05) is 0 Å². The van der Waals surface area contributed by atoms with Crippen LogP contribution in [0.5, 0.6) is 5.75 Å². The summed E-state index contributed by atoms with van der Waals surface area (Å²) < 4.78 is 46.5. The Kier molecular flexibility index (Phi) is 3.86. The van der Waals surface area contributed by atoms with Crippen LogP contribution in [0.25, 0.3) is 5.69 Å². The van der Waals surface area contributed by atoms with Gasteiger partial charge in [-0.25, -0.2) is 4.79 Å². The van der Waals surface area contributed by atoms with Crippen molar-refractivity contribution in [3.63, 3.8) is 0 Å². The highest BCUT2D eigenvalue weighted by Crippen LogP contribution is 2.41. The number of hydrogen-bond acceptors (Lipinski definition) is 5. The summed E-state index contributed by atoms with van der Waals surface area (Å²) in [5, 5.41) is 7.01. The number of hydrogen-bond donors (Lipinski definition) is 1. The van der Waals surface area contributed by atoms with Crippen molar-refractivity contribution < 1.29 is 17.9 Å². The fraction of sp³-hybridized carbons (Fsp3) is 0.417.